The fourth-order valence-corrected chi connectivity index (χ4v) is 1.61. The molecule has 1 rings (SSSR count). The van der Waals surface area contributed by atoms with Crippen molar-refractivity contribution in [2.75, 3.05) is 19.0 Å². The largest absolute Gasteiger partial charge is 0.390 e. The summed E-state index contributed by atoms with van der Waals surface area (Å²) in [5.74, 6) is 0. The standard InChI is InChI=1S/C10H16N2O/c1-7-5-11-9(6-13)8(2)10(7)12(3)4/h5,13H,6H2,1-4H3. The molecule has 0 radical (unpaired) electrons. The van der Waals surface area contributed by atoms with Gasteiger partial charge in [0, 0.05) is 26.0 Å². The lowest BCUT2D eigenvalue weighted by Gasteiger charge is -2.19. The van der Waals surface area contributed by atoms with E-state index in [9.17, 15) is 0 Å². The summed E-state index contributed by atoms with van der Waals surface area (Å²) < 4.78 is 0. The van der Waals surface area contributed by atoms with E-state index in [0.29, 0.717) is 0 Å². The van der Waals surface area contributed by atoms with Crippen molar-refractivity contribution in [3.05, 3.63) is 23.0 Å². The van der Waals surface area contributed by atoms with Gasteiger partial charge in [0.05, 0.1) is 12.3 Å². The molecule has 0 aliphatic carbocycles. The van der Waals surface area contributed by atoms with Gasteiger partial charge in [-0.1, -0.05) is 0 Å². The molecular weight excluding hydrogens is 164 g/mol. The van der Waals surface area contributed by atoms with Crippen LogP contribution < -0.4 is 4.90 Å². The van der Waals surface area contributed by atoms with Gasteiger partial charge in [0.2, 0.25) is 0 Å². The van der Waals surface area contributed by atoms with Crippen molar-refractivity contribution in [3.8, 4) is 0 Å². The Balaban J connectivity index is 3.30. The Morgan fingerprint density at radius 2 is 2.00 bits per heavy atom. The fourth-order valence-electron chi connectivity index (χ4n) is 1.61. The number of aryl methyl sites for hydroxylation is 1. The van der Waals surface area contributed by atoms with Crippen LogP contribution >= 0.6 is 0 Å². The highest BCUT2D eigenvalue weighted by Gasteiger charge is 2.09. The number of aliphatic hydroxyl groups is 1. The predicted octanol–water partition coefficient (Wildman–Crippen LogP) is 1.26. The van der Waals surface area contributed by atoms with Crippen LogP contribution in [0, 0.1) is 13.8 Å². The average molecular weight is 180 g/mol. The van der Waals surface area contributed by atoms with Gasteiger partial charge in [0.25, 0.3) is 0 Å². The van der Waals surface area contributed by atoms with Gasteiger partial charge in [-0.05, 0) is 25.0 Å². The minimum atomic E-state index is 0.00690. The van der Waals surface area contributed by atoms with Crippen molar-refractivity contribution in [1.82, 2.24) is 4.98 Å². The molecule has 0 aliphatic rings. The molecule has 0 aliphatic heterocycles. The molecule has 0 aromatic carbocycles. The zero-order valence-electron chi connectivity index (χ0n) is 8.63. The van der Waals surface area contributed by atoms with E-state index in [0.717, 1.165) is 22.5 Å². The summed E-state index contributed by atoms with van der Waals surface area (Å²) in [5.41, 5.74) is 4.11. The van der Waals surface area contributed by atoms with E-state index in [2.05, 4.69) is 4.98 Å². The first kappa shape index (κ1) is 9.99. The van der Waals surface area contributed by atoms with Gasteiger partial charge in [-0.2, -0.15) is 0 Å². The highest BCUT2D eigenvalue weighted by Crippen LogP contribution is 2.23. The summed E-state index contributed by atoms with van der Waals surface area (Å²) in [6, 6.07) is 0. The summed E-state index contributed by atoms with van der Waals surface area (Å²) in [5, 5.41) is 9.03. The molecule has 13 heavy (non-hydrogen) atoms. The number of hydrogen-bond acceptors (Lipinski definition) is 3. The molecule has 1 N–H and O–H groups in total. The molecule has 0 fully saturated rings. The van der Waals surface area contributed by atoms with E-state index in [1.807, 2.05) is 32.8 Å². The molecule has 1 aromatic rings. The van der Waals surface area contributed by atoms with Crippen LogP contribution in [0.25, 0.3) is 0 Å². The summed E-state index contributed by atoms with van der Waals surface area (Å²) >= 11 is 0. The van der Waals surface area contributed by atoms with Crippen LogP contribution in [0.3, 0.4) is 0 Å². The topological polar surface area (TPSA) is 36.4 Å². The summed E-state index contributed by atoms with van der Waals surface area (Å²) in [6.07, 6.45) is 1.80. The number of anilines is 1. The molecule has 1 aromatic heterocycles. The summed E-state index contributed by atoms with van der Waals surface area (Å²) in [7, 11) is 3.99. The molecule has 3 heteroatoms. The van der Waals surface area contributed by atoms with Gasteiger partial charge in [-0.15, -0.1) is 0 Å². The average Bonchev–Trinajstić information content (AvgIpc) is 2.04. The number of pyridine rings is 1. The van der Waals surface area contributed by atoms with Crippen LogP contribution in [0.4, 0.5) is 5.69 Å². The molecule has 0 spiro atoms. The molecule has 3 nitrogen and oxygen atoms in total. The second-order valence-electron chi connectivity index (χ2n) is 3.41. The van der Waals surface area contributed by atoms with Crippen LogP contribution in [-0.2, 0) is 6.61 Å². The van der Waals surface area contributed by atoms with E-state index in [1.54, 1.807) is 6.20 Å². The zero-order chi connectivity index (χ0) is 10.0. The minimum absolute atomic E-state index is 0.00690. The van der Waals surface area contributed by atoms with Gasteiger partial charge in [0.1, 0.15) is 0 Å². The monoisotopic (exact) mass is 180 g/mol. The van der Waals surface area contributed by atoms with E-state index in [4.69, 9.17) is 5.11 Å². The summed E-state index contributed by atoms with van der Waals surface area (Å²) in [6.45, 7) is 4.02. The van der Waals surface area contributed by atoms with Crippen molar-refractivity contribution in [1.29, 1.82) is 0 Å². The van der Waals surface area contributed by atoms with Crippen molar-refractivity contribution in [3.63, 3.8) is 0 Å². The lowest BCUT2D eigenvalue weighted by atomic mass is 10.1. The van der Waals surface area contributed by atoms with Crippen molar-refractivity contribution >= 4 is 5.69 Å². The van der Waals surface area contributed by atoms with Crippen LogP contribution in [-0.4, -0.2) is 24.2 Å². The molecule has 0 bridgehead atoms. The third-order valence-corrected chi connectivity index (χ3v) is 2.17. The SMILES string of the molecule is Cc1cnc(CO)c(C)c1N(C)C. The highest BCUT2D eigenvalue weighted by atomic mass is 16.3. The molecule has 0 amide bonds. The van der Waals surface area contributed by atoms with E-state index in [-0.39, 0.29) is 6.61 Å². The normalized spacial score (nSPS) is 10.2. The number of nitrogens with zero attached hydrogens (tertiary/aromatic N) is 2. The Morgan fingerprint density at radius 3 is 2.46 bits per heavy atom. The molecule has 0 unspecified atom stereocenters. The smallest absolute Gasteiger partial charge is 0.0856 e. The minimum Gasteiger partial charge on any atom is -0.390 e. The maximum absolute atomic E-state index is 9.03. The Hall–Kier alpha value is -1.09. The molecule has 0 saturated heterocycles. The van der Waals surface area contributed by atoms with Gasteiger partial charge in [0.15, 0.2) is 0 Å². The van der Waals surface area contributed by atoms with Crippen molar-refractivity contribution in [2.24, 2.45) is 0 Å². The number of aliphatic hydroxyl groups excluding tert-OH is 1. The Labute approximate surface area is 79.0 Å². The highest BCUT2D eigenvalue weighted by molar-refractivity contribution is 5.58. The Morgan fingerprint density at radius 1 is 1.38 bits per heavy atom. The van der Waals surface area contributed by atoms with Crippen LogP contribution in [0.2, 0.25) is 0 Å². The predicted molar refractivity (Wildman–Crippen MR) is 54.0 cm³/mol. The van der Waals surface area contributed by atoms with Crippen molar-refractivity contribution < 1.29 is 5.11 Å². The lowest BCUT2D eigenvalue weighted by Crippen LogP contribution is -2.13. The quantitative estimate of drug-likeness (QED) is 0.744. The number of aromatic nitrogens is 1. The van der Waals surface area contributed by atoms with Gasteiger partial charge < -0.3 is 10.0 Å². The van der Waals surface area contributed by atoms with Crippen molar-refractivity contribution in [2.45, 2.75) is 20.5 Å². The van der Waals surface area contributed by atoms with E-state index < -0.39 is 0 Å². The number of rotatable bonds is 2. The molecular formula is C10H16N2O. The molecule has 1 heterocycles. The first-order chi connectivity index (χ1) is 6.07. The van der Waals surface area contributed by atoms with Crippen LogP contribution in [0.15, 0.2) is 6.20 Å². The fraction of sp³-hybridized carbons (Fsp3) is 0.500. The second-order valence-corrected chi connectivity index (χ2v) is 3.41. The zero-order valence-corrected chi connectivity index (χ0v) is 8.63. The molecule has 0 saturated carbocycles. The van der Waals surface area contributed by atoms with E-state index >= 15 is 0 Å². The van der Waals surface area contributed by atoms with Gasteiger partial charge in [-0.3, -0.25) is 4.98 Å². The Kier molecular flexibility index (Phi) is 2.88. The second kappa shape index (κ2) is 3.75. The van der Waals surface area contributed by atoms with Gasteiger partial charge >= 0.3 is 0 Å². The van der Waals surface area contributed by atoms with Crippen LogP contribution in [0.1, 0.15) is 16.8 Å². The van der Waals surface area contributed by atoms with E-state index in [1.165, 1.54) is 0 Å². The van der Waals surface area contributed by atoms with Crippen LogP contribution in [0.5, 0.6) is 0 Å². The number of hydrogen-bond donors (Lipinski definition) is 1. The third kappa shape index (κ3) is 1.80. The summed E-state index contributed by atoms with van der Waals surface area (Å²) in [4.78, 5) is 6.21. The third-order valence-electron chi connectivity index (χ3n) is 2.17. The first-order valence-corrected chi connectivity index (χ1v) is 4.31. The first-order valence-electron chi connectivity index (χ1n) is 4.31. The Bertz CT molecular complexity index is 308. The maximum Gasteiger partial charge on any atom is 0.0856 e. The lowest BCUT2D eigenvalue weighted by molar-refractivity contribution is 0.276. The molecule has 0 atom stereocenters. The maximum atomic E-state index is 9.03. The molecule has 72 valence electrons. The van der Waals surface area contributed by atoms with Gasteiger partial charge in [-0.25, -0.2) is 0 Å².